The maximum absolute atomic E-state index is 12.3. The van der Waals surface area contributed by atoms with Gasteiger partial charge in [-0.25, -0.2) is 4.79 Å². The third kappa shape index (κ3) is 3.43. The van der Waals surface area contributed by atoms with E-state index < -0.39 is 12.6 Å². The van der Waals surface area contributed by atoms with Crippen molar-refractivity contribution in [1.29, 1.82) is 0 Å². The zero-order valence-corrected chi connectivity index (χ0v) is 14.4. The molecule has 9 heteroatoms. The van der Waals surface area contributed by atoms with E-state index in [4.69, 9.17) is 4.74 Å². The molecular formula is C18H17N5O4. The largest absolute Gasteiger partial charge is 0.454 e. The maximum atomic E-state index is 12.3. The Bertz CT molecular complexity index is 1020. The van der Waals surface area contributed by atoms with Gasteiger partial charge < -0.3 is 14.6 Å². The minimum absolute atomic E-state index is 0.120. The van der Waals surface area contributed by atoms with Crippen LogP contribution in [0.3, 0.4) is 0 Å². The Morgan fingerprint density at radius 3 is 2.78 bits per heavy atom. The van der Waals surface area contributed by atoms with E-state index >= 15 is 0 Å². The van der Waals surface area contributed by atoms with E-state index in [1.807, 2.05) is 0 Å². The number of amides is 1. The number of rotatable bonds is 5. The van der Waals surface area contributed by atoms with Gasteiger partial charge in [0.05, 0.1) is 5.56 Å². The van der Waals surface area contributed by atoms with Crippen LogP contribution in [0, 0.1) is 0 Å². The molecule has 0 bridgehead atoms. The van der Waals surface area contributed by atoms with Gasteiger partial charge in [0.25, 0.3) is 5.91 Å². The molecule has 1 aliphatic rings. The summed E-state index contributed by atoms with van der Waals surface area (Å²) in [4.78, 5) is 41.3. The van der Waals surface area contributed by atoms with Crippen LogP contribution in [0.25, 0.3) is 5.65 Å². The van der Waals surface area contributed by atoms with Gasteiger partial charge in [0.2, 0.25) is 5.78 Å². The summed E-state index contributed by atoms with van der Waals surface area (Å²) >= 11 is 0. The fraction of sp³-hybridized carbons (Fsp3) is 0.278. The minimum Gasteiger partial charge on any atom is -0.454 e. The number of nitrogens with one attached hydrogen (secondary N) is 1. The highest BCUT2D eigenvalue weighted by Gasteiger charge is 2.22. The molecule has 0 saturated carbocycles. The zero-order chi connectivity index (χ0) is 18.8. The van der Waals surface area contributed by atoms with Crippen molar-refractivity contribution in [1.82, 2.24) is 24.5 Å². The first kappa shape index (κ1) is 17.0. The molecule has 0 aromatic carbocycles. The number of carbonyl (C=O) groups excluding carboxylic acids is 3. The molecule has 27 heavy (non-hydrogen) atoms. The summed E-state index contributed by atoms with van der Waals surface area (Å²) in [5, 5.41) is 7.58. The number of fused-ring (bicyclic) bond motifs is 1. The van der Waals surface area contributed by atoms with Gasteiger partial charge in [-0.05, 0) is 31.0 Å². The molecule has 9 nitrogen and oxygen atoms in total. The lowest BCUT2D eigenvalue weighted by Crippen LogP contribution is -2.27. The molecule has 0 radical (unpaired) electrons. The van der Waals surface area contributed by atoms with Crippen molar-refractivity contribution < 1.29 is 19.1 Å². The Kier molecular flexibility index (Phi) is 4.41. The molecule has 3 aromatic heterocycles. The number of ketones is 1. The van der Waals surface area contributed by atoms with Gasteiger partial charge in [-0.15, -0.1) is 10.2 Å². The summed E-state index contributed by atoms with van der Waals surface area (Å²) in [6.07, 6.45) is 6.45. The maximum Gasteiger partial charge on any atom is 0.340 e. The molecule has 0 spiro atoms. The van der Waals surface area contributed by atoms with Gasteiger partial charge in [-0.3, -0.25) is 14.0 Å². The molecular weight excluding hydrogens is 350 g/mol. The quantitative estimate of drug-likeness (QED) is 0.538. The number of esters is 1. The first-order valence-electron chi connectivity index (χ1n) is 8.59. The molecule has 1 N–H and O–H groups in total. The van der Waals surface area contributed by atoms with Crippen molar-refractivity contribution in [2.45, 2.75) is 12.8 Å². The van der Waals surface area contributed by atoms with Crippen LogP contribution < -0.4 is 0 Å². The van der Waals surface area contributed by atoms with E-state index in [0.29, 0.717) is 16.9 Å². The lowest BCUT2D eigenvalue weighted by atomic mass is 10.2. The molecule has 0 atom stereocenters. The fourth-order valence-electron chi connectivity index (χ4n) is 3.02. The fourth-order valence-corrected chi connectivity index (χ4v) is 3.02. The van der Waals surface area contributed by atoms with Crippen LogP contribution in [0.4, 0.5) is 0 Å². The van der Waals surface area contributed by atoms with Crippen molar-refractivity contribution in [3.63, 3.8) is 0 Å². The SMILES string of the molecule is O=C(COC(=O)c1ccc2nncn2c1)c1c[nH]c(C(=O)N2CCCC2)c1. The number of Topliss-reactive ketones (excluding diaryl/α,β-unsaturated/α-hetero) is 1. The third-order valence-corrected chi connectivity index (χ3v) is 4.49. The van der Waals surface area contributed by atoms with Gasteiger partial charge in [0.1, 0.15) is 12.0 Å². The van der Waals surface area contributed by atoms with Crippen LogP contribution in [0.5, 0.6) is 0 Å². The molecule has 1 amide bonds. The van der Waals surface area contributed by atoms with E-state index in [9.17, 15) is 14.4 Å². The van der Waals surface area contributed by atoms with Crippen LogP contribution in [0.15, 0.2) is 36.9 Å². The number of carbonyl (C=O) groups is 3. The standard InChI is InChI=1S/C18H17N5O4/c24-15(13-7-14(19-8-13)17(25)22-5-1-2-6-22)10-27-18(26)12-3-4-16-21-20-11-23(16)9-12/h3-4,7-9,11,19H,1-2,5-6,10H2. The predicted molar refractivity (Wildman–Crippen MR) is 93.5 cm³/mol. The minimum atomic E-state index is -0.622. The zero-order valence-electron chi connectivity index (χ0n) is 14.4. The Hall–Kier alpha value is -3.49. The molecule has 0 aliphatic carbocycles. The van der Waals surface area contributed by atoms with Crippen molar-refractivity contribution in [2.24, 2.45) is 0 Å². The normalized spacial score (nSPS) is 13.9. The average Bonchev–Trinajstić information content (AvgIpc) is 3.45. The van der Waals surface area contributed by atoms with E-state index in [0.717, 1.165) is 25.9 Å². The van der Waals surface area contributed by atoms with Crippen LogP contribution >= 0.6 is 0 Å². The third-order valence-electron chi connectivity index (χ3n) is 4.49. The van der Waals surface area contributed by atoms with Crippen LogP contribution in [0.2, 0.25) is 0 Å². The highest BCUT2D eigenvalue weighted by Crippen LogP contribution is 2.14. The van der Waals surface area contributed by atoms with Gasteiger partial charge in [0.15, 0.2) is 12.3 Å². The van der Waals surface area contributed by atoms with E-state index in [2.05, 4.69) is 15.2 Å². The number of aromatic nitrogens is 4. The summed E-state index contributed by atoms with van der Waals surface area (Å²) in [5.41, 5.74) is 1.56. The summed E-state index contributed by atoms with van der Waals surface area (Å²) < 4.78 is 6.67. The van der Waals surface area contributed by atoms with Gasteiger partial charge in [0, 0.05) is 31.0 Å². The molecule has 4 rings (SSSR count). The Labute approximate surface area is 153 Å². The lowest BCUT2D eigenvalue weighted by molar-refractivity contribution is 0.0474. The summed E-state index contributed by atoms with van der Waals surface area (Å²) in [6.45, 7) is 1.05. The Morgan fingerprint density at radius 2 is 1.96 bits per heavy atom. The van der Waals surface area contributed by atoms with Crippen LogP contribution in [-0.4, -0.2) is 61.8 Å². The number of pyridine rings is 1. The molecule has 4 heterocycles. The van der Waals surface area contributed by atoms with E-state index in [-0.39, 0.29) is 17.3 Å². The summed E-state index contributed by atoms with van der Waals surface area (Å²) in [5.74, 6) is -1.13. The molecule has 1 fully saturated rings. The molecule has 0 unspecified atom stereocenters. The first-order chi connectivity index (χ1) is 13.1. The lowest BCUT2D eigenvalue weighted by Gasteiger charge is -2.13. The van der Waals surface area contributed by atoms with Gasteiger partial charge in [-0.2, -0.15) is 0 Å². The number of likely N-dealkylation sites (tertiary alicyclic amines) is 1. The second-order valence-corrected chi connectivity index (χ2v) is 6.31. The van der Waals surface area contributed by atoms with E-state index in [1.165, 1.54) is 24.8 Å². The number of hydrogen-bond acceptors (Lipinski definition) is 6. The molecule has 1 aliphatic heterocycles. The Balaban J connectivity index is 1.37. The number of H-pyrrole nitrogens is 1. The van der Waals surface area contributed by atoms with Gasteiger partial charge in [-0.1, -0.05) is 0 Å². The number of ether oxygens (including phenoxy) is 1. The van der Waals surface area contributed by atoms with Crippen LogP contribution in [-0.2, 0) is 4.74 Å². The van der Waals surface area contributed by atoms with Crippen molar-refractivity contribution in [2.75, 3.05) is 19.7 Å². The number of aromatic amines is 1. The second kappa shape index (κ2) is 7.02. The van der Waals surface area contributed by atoms with E-state index in [1.54, 1.807) is 21.4 Å². The molecule has 3 aromatic rings. The average molecular weight is 367 g/mol. The van der Waals surface area contributed by atoms with Crippen molar-refractivity contribution in [3.8, 4) is 0 Å². The van der Waals surface area contributed by atoms with Crippen molar-refractivity contribution in [3.05, 3.63) is 53.7 Å². The Morgan fingerprint density at radius 1 is 1.15 bits per heavy atom. The smallest absolute Gasteiger partial charge is 0.340 e. The highest BCUT2D eigenvalue weighted by atomic mass is 16.5. The van der Waals surface area contributed by atoms with Crippen LogP contribution in [0.1, 0.15) is 44.0 Å². The topological polar surface area (TPSA) is 110 Å². The number of nitrogens with zero attached hydrogens (tertiary/aromatic N) is 4. The summed E-state index contributed by atoms with van der Waals surface area (Å²) in [7, 11) is 0. The second-order valence-electron chi connectivity index (χ2n) is 6.31. The first-order valence-corrected chi connectivity index (χ1v) is 8.59. The predicted octanol–water partition coefficient (Wildman–Crippen LogP) is 1.33. The van der Waals surface area contributed by atoms with Gasteiger partial charge >= 0.3 is 5.97 Å². The van der Waals surface area contributed by atoms with Crippen molar-refractivity contribution >= 4 is 23.3 Å². The molecule has 138 valence electrons. The number of hydrogen-bond donors (Lipinski definition) is 1. The monoisotopic (exact) mass is 367 g/mol. The summed E-state index contributed by atoms with van der Waals surface area (Å²) in [6, 6.07) is 4.69. The highest BCUT2D eigenvalue weighted by molar-refractivity contribution is 6.02. The molecule has 1 saturated heterocycles.